The van der Waals surface area contributed by atoms with Crippen molar-refractivity contribution in [2.45, 2.75) is 23.2 Å². The van der Waals surface area contributed by atoms with Crippen LogP contribution in [0.5, 0.6) is 0 Å². The average molecular weight is 389 g/mol. The van der Waals surface area contributed by atoms with E-state index in [-0.39, 0.29) is 26.8 Å². The molecule has 4 nitrogen and oxygen atoms in total. The number of thiophene rings is 1. The minimum atomic E-state index is -4.48. The van der Waals surface area contributed by atoms with Crippen LogP contribution in [0, 0.1) is 0 Å². The number of rotatable bonds is 2. The third kappa shape index (κ3) is 3.43. The van der Waals surface area contributed by atoms with Crippen molar-refractivity contribution >= 4 is 32.8 Å². The van der Waals surface area contributed by atoms with Gasteiger partial charge in [-0.05, 0) is 42.7 Å². The highest BCUT2D eigenvalue weighted by Gasteiger charge is 2.36. The number of benzene rings is 1. The molecule has 0 fully saturated rings. The molecule has 0 saturated heterocycles. The summed E-state index contributed by atoms with van der Waals surface area (Å²) in [7, 11) is -3.43. The summed E-state index contributed by atoms with van der Waals surface area (Å²) in [6.45, 7) is 0.291. The predicted molar refractivity (Wildman–Crippen MR) is 88.9 cm³/mol. The number of fused-ring (bicyclic) bond motifs is 1. The molecule has 1 aromatic carbocycles. The number of sulfone groups is 1. The summed E-state index contributed by atoms with van der Waals surface area (Å²) in [5.41, 5.74) is -0.389. The van der Waals surface area contributed by atoms with Gasteiger partial charge >= 0.3 is 6.18 Å². The standard InChI is InChI=1S/C16H14F3NO3S2/c1-25(22,23)14-8-7-13(24-14)15(21)20-9-3-4-10-11(16(17,18)19)5-2-6-12(10)20/h2,5-8H,3-4,9H2,1H3. The number of hydrogen-bond acceptors (Lipinski definition) is 4. The first-order valence-electron chi connectivity index (χ1n) is 7.40. The number of carbonyl (C=O) groups excluding carboxylic acids is 1. The summed E-state index contributed by atoms with van der Waals surface area (Å²) in [5.74, 6) is -0.486. The molecule has 0 saturated carbocycles. The summed E-state index contributed by atoms with van der Waals surface area (Å²) in [6, 6.07) is 6.52. The van der Waals surface area contributed by atoms with Gasteiger partial charge in [-0.3, -0.25) is 4.79 Å². The van der Waals surface area contributed by atoms with Gasteiger partial charge in [0.2, 0.25) is 0 Å². The molecule has 0 N–H and O–H groups in total. The van der Waals surface area contributed by atoms with Crippen molar-refractivity contribution in [1.82, 2.24) is 0 Å². The molecule has 0 radical (unpaired) electrons. The lowest BCUT2D eigenvalue weighted by Gasteiger charge is -2.31. The van der Waals surface area contributed by atoms with Crippen LogP contribution in [-0.4, -0.2) is 27.1 Å². The second kappa shape index (κ2) is 6.14. The number of alkyl halides is 3. The van der Waals surface area contributed by atoms with Crippen LogP contribution in [-0.2, 0) is 22.4 Å². The fourth-order valence-electron chi connectivity index (χ4n) is 2.87. The summed E-state index contributed by atoms with van der Waals surface area (Å²) in [4.78, 5) is 14.2. The molecule has 2 heterocycles. The molecule has 0 bridgehead atoms. The van der Waals surface area contributed by atoms with E-state index in [0.717, 1.165) is 23.7 Å². The van der Waals surface area contributed by atoms with Crippen LogP contribution < -0.4 is 4.90 Å². The molecular weight excluding hydrogens is 375 g/mol. The minimum Gasteiger partial charge on any atom is -0.307 e. The summed E-state index contributed by atoms with van der Waals surface area (Å²) in [5, 5.41) is 0. The monoisotopic (exact) mass is 389 g/mol. The van der Waals surface area contributed by atoms with Crippen molar-refractivity contribution in [3.05, 3.63) is 46.3 Å². The maximum Gasteiger partial charge on any atom is 0.416 e. The Balaban J connectivity index is 2.01. The van der Waals surface area contributed by atoms with E-state index in [1.165, 1.54) is 29.2 Å². The maximum atomic E-state index is 13.2. The van der Waals surface area contributed by atoms with Crippen molar-refractivity contribution < 1.29 is 26.4 Å². The Morgan fingerprint density at radius 1 is 1.20 bits per heavy atom. The Hall–Kier alpha value is -1.87. The molecule has 1 amide bonds. The van der Waals surface area contributed by atoms with Crippen LogP contribution in [0.4, 0.5) is 18.9 Å². The lowest BCUT2D eigenvalue weighted by Crippen LogP contribution is -2.35. The SMILES string of the molecule is CS(=O)(=O)c1ccc(C(=O)N2CCCc3c2cccc3C(F)(F)F)s1. The van der Waals surface area contributed by atoms with Crippen molar-refractivity contribution in [2.24, 2.45) is 0 Å². The van der Waals surface area contributed by atoms with Crippen LogP contribution in [0.15, 0.2) is 34.5 Å². The fourth-order valence-corrected chi connectivity index (χ4v) is 4.75. The third-order valence-corrected chi connectivity index (χ3v) is 6.85. The molecule has 0 aliphatic carbocycles. The predicted octanol–water partition coefficient (Wildman–Crippen LogP) is 3.76. The molecule has 0 unspecified atom stereocenters. The number of amides is 1. The summed E-state index contributed by atoms with van der Waals surface area (Å²) >= 11 is 0.825. The molecule has 1 aliphatic rings. The second-order valence-electron chi connectivity index (χ2n) is 5.75. The van der Waals surface area contributed by atoms with Gasteiger partial charge in [0.15, 0.2) is 9.84 Å². The number of halogens is 3. The van der Waals surface area contributed by atoms with Crippen molar-refractivity contribution in [3.8, 4) is 0 Å². The van der Waals surface area contributed by atoms with Gasteiger partial charge in [-0.2, -0.15) is 13.2 Å². The Morgan fingerprint density at radius 2 is 1.92 bits per heavy atom. The van der Waals surface area contributed by atoms with E-state index < -0.39 is 27.5 Å². The Morgan fingerprint density at radius 3 is 2.52 bits per heavy atom. The Bertz CT molecular complexity index is 932. The Labute approximate surface area is 146 Å². The molecule has 1 aliphatic heterocycles. The van der Waals surface area contributed by atoms with E-state index in [1.807, 2.05) is 0 Å². The first-order chi connectivity index (χ1) is 11.6. The minimum absolute atomic E-state index is 0.0529. The molecule has 9 heteroatoms. The van der Waals surface area contributed by atoms with Gasteiger partial charge in [-0.25, -0.2) is 8.42 Å². The largest absolute Gasteiger partial charge is 0.416 e. The first-order valence-corrected chi connectivity index (χ1v) is 10.1. The van der Waals surface area contributed by atoms with Gasteiger partial charge in [0.1, 0.15) is 4.21 Å². The molecule has 134 valence electrons. The van der Waals surface area contributed by atoms with Crippen LogP contribution >= 0.6 is 11.3 Å². The first kappa shape index (κ1) is 17.9. The van der Waals surface area contributed by atoms with Gasteiger partial charge < -0.3 is 4.90 Å². The molecule has 0 spiro atoms. The van der Waals surface area contributed by atoms with Crippen molar-refractivity contribution in [2.75, 3.05) is 17.7 Å². The van der Waals surface area contributed by atoms with Gasteiger partial charge in [-0.1, -0.05) is 6.07 Å². The van der Waals surface area contributed by atoms with Crippen LogP contribution in [0.2, 0.25) is 0 Å². The zero-order chi connectivity index (χ0) is 18.4. The van der Waals surface area contributed by atoms with E-state index in [9.17, 15) is 26.4 Å². The van der Waals surface area contributed by atoms with Gasteiger partial charge in [0, 0.05) is 18.5 Å². The molecular formula is C16H14F3NO3S2. The summed E-state index contributed by atoms with van der Waals surface area (Å²) in [6.07, 6.45) is -2.79. The quantitative estimate of drug-likeness (QED) is 0.786. The van der Waals surface area contributed by atoms with E-state index in [0.29, 0.717) is 13.0 Å². The van der Waals surface area contributed by atoms with E-state index in [4.69, 9.17) is 0 Å². The number of anilines is 1. The highest BCUT2D eigenvalue weighted by molar-refractivity contribution is 7.92. The lowest BCUT2D eigenvalue weighted by molar-refractivity contribution is -0.138. The Kier molecular flexibility index (Phi) is 4.40. The van der Waals surface area contributed by atoms with E-state index in [2.05, 4.69) is 0 Å². The zero-order valence-electron chi connectivity index (χ0n) is 13.1. The fraction of sp³-hybridized carbons (Fsp3) is 0.312. The molecule has 1 aromatic heterocycles. The number of nitrogens with zero attached hydrogens (tertiary/aromatic N) is 1. The molecule has 3 rings (SSSR count). The number of carbonyl (C=O) groups is 1. The van der Waals surface area contributed by atoms with E-state index >= 15 is 0 Å². The molecule has 2 aromatic rings. The third-order valence-electron chi connectivity index (χ3n) is 3.96. The van der Waals surface area contributed by atoms with E-state index in [1.54, 1.807) is 0 Å². The highest BCUT2D eigenvalue weighted by atomic mass is 32.2. The highest BCUT2D eigenvalue weighted by Crippen LogP contribution is 2.39. The van der Waals surface area contributed by atoms with Crippen molar-refractivity contribution in [1.29, 1.82) is 0 Å². The maximum absolute atomic E-state index is 13.2. The van der Waals surface area contributed by atoms with Gasteiger partial charge in [-0.15, -0.1) is 11.3 Å². The van der Waals surface area contributed by atoms with Gasteiger partial charge in [0.05, 0.1) is 10.4 Å². The number of hydrogen-bond donors (Lipinski definition) is 0. The van der Waals surface area contributed by atoms with Gasteiger partial charge in [0.25, 0.3) is 5.91 Å². The average Bonchev–Trinajstić information content (AvgIpc) is 3.02. The smallest absolute Gasteiger partial charge is 0.307 e. The second-order valence-corrected chi connectivity index (χ2v) is 9.08. The summed E-state index contributed by atoms with van der Waals surface area (Å²) < 4.78 is 62.8. The van der Waals surface area contributed by atoms with Crippen LogP contribution in [0.3, 0.4) is 0 Å². The zero-order valence-corrected chi connectivity index (χ0v) is 14.8. The topological polar surface area (TPSA) is 54.5 Å². The van der Waals surface area contributed by atoms with Crippen LogP contribution in [0.25, 0.3) is 0 Å². The normalized spacial score (nSPS) is 15.1. The van der Waals surface area contributed by atoms with Crippen LogP contribution in [0.1, 0.15) is 27.2 Å². The van der Waals surface area contributed by atoms with Crippen molar-refractivity contribution in [3.63, 3.8) is 0 Å². The molecule has 0 atom stereocenters. The molecule has 25 heavy (non-hydrogen) atoms. The lowest BCUT2D eigenvalue weighted by atomic mass is 9.95.